The van der Waals surface area contributed by atoms with Crippen LogP contribution in [0.5, 0.6) is 0 Å². The predicted molar refractivity (Wildman–Crippen MR) is 90.0 cm³/mol. The molecule has 0 radical (unpaired) electrons. The van der Waals surface area contributed by atoms with E-state index in [9.17, 15) is 0 Å². The van der Waals surface area contributed by atoms with E-state index in [0.29, 0.717) is 0 Å². The van der Waals surface area contributed by atoms with Crippen LogP contribution in [0.15, 0.2) is 0 Å². The summed E-state index contributed by atoms with van der Waals surface area (Å²) in [7, 11) is 13.2. The van der Waals surface area contributed by atoms with E-state index in [1.54, 1.807) is 0 Å². The second-order valence-electron chi connectivity index (χ2n) is 6.59. The van der Waals surface area contributed by atoms with Gasteiger partial charge in [0.05, 0.1) is 62.0 Å². The lowest BCUT2D eigenvalue weighted by atomic mass is 10.4. The van der Waals surface area contributed by atoms with Crippen molar-refractivity contribution in [1.29, 1.82) is 0 Å². The quantitative estimate of drug-likeness (QED) is 0.617. The summed E-state index contributed by atoms with van der Waals surface area (Å²) in [6.07, 6.45) is 0. The lowest BCUT2D eigenvalue weighted by Gasteiger charge is -2.31. The number of rotatable bonds is 8. The van der Waals surface area contributed by atoms with Crippen molar-refractivity contribution in [3.8, 4) is 0 Å². The van der Waals surface area contributed by atoms with Crippen LogP contribution in [0.1, 0.15) is 0 Å². The average molecular weight is 395 g/mol. The topological polar surface area (TPSA) is 23.5 Å². The second kappa shape index (κ2) is 10.6. The van der Waals surface area contributed by atoms with Gasteiger partial charge in [0.15, 0.2) is 0 Å². The Balaban J connectivity index is -0.00000112. The largest absolute Gasteiger partial charge is 0.395 e. The molecule has 0 aliphatic rings. The van der Waals surface area contributed by atoms with Crippen LogP contribution in [0.4, 0.5) is 0 Å². The Morgan fingerprint density at radius 1 is 0.722 bits per heavy atom. The Morgan fingerprint density at radius 2 is 1.06 bits per heavy atom. The third kappa shape index (κ3) is 16.8. The van der Waals surface area contributed by atoms with Gasteiger partial charge < -0.3 is 14.1 Å². The number of quaternary nitrogens is 2. The Morgan fingerprint density at radius 3 is 1.28 bits per heavy atom. The van der Waals surface area contributed by atoms with Gasteiger partial charge >= 0.3 is 0 Å². The van der Waals surface area contributed by atoms with Crippen molar-refractivity contribution >= 4 is 34.0 Å². The van der Waals surface area contributed by atoms with Gasteiger partial charge in [-0.3, -0.25) is 4.90 Å². The normalized spacial score (nSPS) is 12.0. The van der Waals surface area contributed by atoms with Gasteiger partial charge in [-0.25, -0.2) is 0 Å². The monoisotopic (exact) mass is 393 g/mol. The number of halogens is 2. The van der Waals surface area contributed by atoms with Gasteiger partial charge in [0.1, 0.15) is 0 Å². The highest BCUT2D eigenvalue weighted by atomic mass is 79.9. The SMILES string of the molecule is Br.Br.C[N+](C)(C)CCN(CCO)CC[N+](C)(C)C. The zero-order valence-electron chi connectivity index (χ0n) is 12.8. The first-order valence-corrected chi connectivity index (χ1v) is 6.08. The number of hydrogen-bond acceptors (Lipinski definition) is 2. The van der Waals surface area contributed by atoms with Gasteiger partial charge in [-0.15, -0.1) is 34.0 Å². The minimum Gasteiger partial charge on any atom is -0.395 e. The molecular formula is C12H33Br2N3O+2. The molecule has 0 atom stereocenters. The predicted octanol–water partition coefficient (Wildman–Crippen LogP) is 0.849. The Bertz CT molecular complexity index is 173. The van der Waals surface area contributed by atoms with Crippen molar-refractivity contribution in [2.75, 3.05) is 81.6 Å². The lowest BCUT2D eigenvalue weighted by molar-refractivity contribution is -0.872. The number of hydrogen-bond donors (Lipinski definition) is 1. The molecule has 0 aromatic rings. The maximum absolute atomic E-state index is 9.04. The molecule has 4 nitrogen and oxygen atoms in total. The van der Waals surface area contributed by atoms with Crippen molar-refractivity contribution < 1.29 is 14.1 Å². The molecule has 0 saturated heterocycles. The number of likely N-dealkylation sites (N-methyl/N-ethyl adjacent to an activating group) is 2. The molecule has 1 N–H and O–H groups in total. The molecule has 0 fully saturated rings. The number of aliphatic hydroxyl groups excluding tert-OH is 1. The fourth-order valence-electron chi connectivity index (χ4n) is 1.36. The van der Waals surface area contributed by atoms with E-state index in [-0.39, 0.29) is 40.6 Å². The van der Waals surface area contributed by atoms with Crippen LogP contribution in [0.25, 0.3) is 0 Å². The first-order chi connectivity index (χ1) is 7.14. The van der Waals surface area contributed by atoms with Crippen LogP contribution < -0.4 is 0 Å². The highest BCUT2D eigenvalue weighted by molar-refractivity contribution is 8.93. The highest BCUT2D eigenvalue weighted by Gasteiger charge is 2.14. The molecule has 0 spiro atoms. The van der Waals surface area contributed by atoms with E-state index >= 15 is 0 Å². The van der Waals surface area contributed by atoms with Gasteiger partial charge in [0.2, 0.25) is 0 Å². The molecule has 0 unspecified atom stereocenters. The standard InChI is InChI=1S/C12H31N3O.2BrH/c1-14(2,3)10-7-13(9-12-16)8-11-15(4,5)6;;/h16H,7-12H2,1-6H3;2*1H/q+2;;. The summed E-state index contributed by atoms with van der Waals surface area (Å²) in [5.74, 6) is 0. The first kappa shape index (κ1) is 23.9. The van der Waals surface area contributed by atoms with Gasteiger partial charge in [0.25, 0.3) is 0 Å². The molecule has 0 aromatic carbocycles. The van der Waals surface area contributed by atoms with Crippen molar-refractivity contribution in [3.05, 3.63) is 0 Å². The third-order valence-corrected chi connectivity index (χ3v) is 2.59. The van der Waals surface area contributed by atoms with Gasteiger partial charge in [-0.2, -0.15) is 0 Å². The van der Waals surface area contributed by atoms with Crippen LogP contribution in [-0.4, -0.2) is 101 Å². The molecule has 6 heteroatoms. The molecule has 0 aromatic heterocycles. The first-order valence-electron chi connectivity index (χ1n) is 6.08. The lowest BCUT2D eigenvalue weighted by Crippen LogP contribution is -2.47. The Kier molecular flexibility index (Phi) is 14.0. The summed E-state index contributed by atoms with van der Waals surface area (Å²) in [5, 5.41) is 9.04. The van der Waals surface area contributed by atoms with Crippen LogP contribution >= 0.6 is 34.0 Å². The summed E-state index contributed by atoms with van der Waals surface area (Å²) in [6.45, 7) is 5.41. The molecule has 0 amide bonds. The fraction of sp³-hybridized carbons (Fsp3) is 1.00. The average Bonchev–Trinajstić information content (AvgIpc) is 2.07. The van der Waals surface area contributed by atoms with Crippen LogP contribution in [0, 0.1) is 0 Å². The van der Waals surface area contributed by atoms with Crippen LogP contribution in [0.3, 0.4) is 0 Å². The Hall–Kier alpha value is 0.800. The molecule has 0 aliphatic heterocycles. The van der Waals surface area contributed by atoms with E-state index in [4.69, 9.17) is 5.11 Å². The third-order valence-electron chi connectivity index (χ3n) is 2.59. The van der Waals surface area contributed by atoms with E-state index < -0.39 is 0 Å². The van der Waals surface area contributed by atoms with Gasteiger partial charge in [-0.1, -0.05) is 0 Å². The highest BCUT2D eigenvalue weighted by Crippen LogP contribution is 1.97. The summed E-state index contributed by atoms with van der Waals surface area (Å²) in [6, 6.07) is 0. The van der Waals surface area contributed by atoms with E-state index in [1.807, 2.05) is 0 Å². The van der Waals surface area contributed by atoms with Crippen molar-refractivity contribution in [2.45, 2.75) is 0 Å². The zero-order chi connectivity index (χ0) is 12.8. The molecule has 0 heterocycles. The maximum atomic E-state index is 9.04. The minimum absolute atomic E-state index is 0. The number of nitrogens with zero attached hydrogens (tertiary/aromatic N) is 3. The number of aliphatic hydroxyl groups is 1. The van der Waals surface area contributed by atoms with Gasteiger partial charge in [-0.05, 0) is 0 Å². The summed E-state index contributed by atoms with van der Waals surface area (Å²) in [4.78, 5) is 2.35. The minimum atomic E-state index is 0. The van der Waals surface area contributed by atoms with Crippen molar-refractivity contribution in [2.24, 2.45) is 0 Å². The molecule has 114 valence electrons. The molecule has 0 aliphatic carbocycles. The van der Waals surface area contributed by atoms with Crippen molar-refractivity contribution in [3.63, 3.8) is 0 Å². The smallest absolute Gasteiger partial charge is 0.0909 e. The van der Waals surface area contributed by atoms with E-state index in [2.05, 4.69) is 47.2 Å². The summed E-state index contributed by atoms with van der Waals surface area (Å²) < 4.78 is 1.96. The van der Waals surface area contributed by atoms with E-state index in [0.717, 1.165) is 41.7 Å². The summed E-state index contributed by atoms with van der Waals surface area (Å²) >= 11 is 0. The maximum Gasteiger partial charge on any atom is 0.0909 e. The van der Waals surface area contributed by atoms with Gasteiger partial charge in [0, 0.05) is 19.6 Å². The zero-order valence-corrected chi connectivity index (χ0v) is 16.3. The molecule has 18 heavy (non-hydrogen) atoms. The molecular weight excluding hydrogens is 362 g/mol. The summed E-state index contributed by atoms with van der Waals surface area (Å²) in [5.41, 5.74) is 0. The molecule has 0 bridgehead atoms. The van der Waals surface area contributed by atoms with Crippen molar-refractivity contribution in [1.82, 2.24) is 4.90 Å². The van der Waals surface area contributed by atoms with Crippen LogP contribution in [-0.2, 0) is 0 Å². The van der Waals surface area contributed by atoms with Crippen LogP contribution in [0.2, 0.25) is 0 Å². The molecule has 0 saturated carbocycles. The fourth-order valence-corrected chi connectivity index (χ4v) is 1.36. The van der Waals surface area contributed by atoms with E-state index in [1.165, 1.54) is 0 Å². The second-order valence-corrected chi connectivity index (χ2v) is 6.59. The molecule has 0 rings (SSSR count). The Labute approximate surface area is 134 Å².